The standard InChI is InChI=1S/C17H17N3O4/c1-10(15(21)22)11-4-8-14(9-5-11)24-16(23)12-2-6-13(7-3-12)20-17(18)19/h2-10H,1H3,(H,21,22)(H4,18,19,20)/t10-/m0/s1. The van der Waals surface area contributed by atoms with Gasteiger partial charge in [-0.25, -0.2) is 4.79 Å². The molecule has 0 aliphatic carbocycles. The maximum absolute atomic E-state index is 12.1. The number of carbonyl (C=O) groups is 2. The molecule has 0 fully saturated rings. The molecule has 124 valence electrons. The first-order chi connectivity index (χ1) is 11.4. The summed E-state index contributed by atoms with van der Waals surface area (Å²) in [6.07, 6.45) is 0. The zero-order valence-corrected chi connectivity index (χ0v) is 12.9. The number of nitrogens with one attached hydrogen (secondary N) is 2. The molecule has 0 saturated heterocycles. The summed E-state index contributed by atoms with van der Waals surface area (Å²) in [4.78, 5) is 23.0. The molecule has 0 aromatic heterocycles. The highest BCUT2D eigenvalue weighted by Gasteiger charge is 2.14. The Bertz CT molecular complexity index is 754. The van der Waals surface area contributed by atoms with Crippen molar-refractivity contribution in [3.05, 3.63) is 59.7 Å². The van der Waals surface area contributed by atoms with Crippen LogP contribution in [0.25, 0.3) is 0 Å². The van der Waals surface area contributed by atoms with Crippen molar-refractivity contribution in [1.29, 1.82) is 5.41 Å². The van der Waals surface area contributed by atoms with Crippen molar-refractivity contribution in [3.8, 4) is 5.75 Å². The molecule has 0 amide bonds. The topological polar surface area (TPSA) is 125 Å². The average molecular weight is 327 g/mol. The van der Waals surface area contributed by atoms with Crippen LogP contribution in [0, 0.1) is 5.41 Å². The molecule has 5 N–H and O–H groups in total. The van der Waals surface area contributed by atoms with Gasteiger partial charge in [0.05, 0.1) is 11.5 Å². The summed E-state index contributed by atoms with van der Waals surface area (Å²) in [6.45, 7) is 1.58. The number of aliphatic carboxylic acids is 1. The number of rotatable bonds is 5. The molecule has 0 unspecified atom stereocenters. The monoisotopic (exact) mass is 327 g/mol. The molecule has 2 aromatic carbocycles. The summed E-state index contributed by atoms with van der Waals surface area (Å²) < 4.78 is 5.24. The second-order valence-electron chi connectivity index (χ2n) is 5.13. The molecule has 0 radical (unpaired) electrons. The van der Waals surface area contributed by atoms with Crippen LogP contribution in [0.3, 0.4) is 0 Å². The summed E-state index contributed by atoms with van der Waals surface area (Å²) >= 11 is 0. The first kappa shape index (κ1) is 17.0. The number of hydrogen-bond acceptors (Lipinski definition) is 4. The second kappa shape index (κ2) is 7.28. The molecule has 0 heterocycles. The highest BCUT2D eigenvalue weighted by atomic mass is 16.5. The van der Waals surface area contributed by atoms with Gasteiger partial charge in [-0.2, -0.15) is 0 Å². The molecular formula is C17H17N3O4. The molecule has 24 heavy (non-hydrogen) atoms. The quantitative estimate of drug-likeness (QED) is 0.289. The van der Waals surface area contributed by atoms with E-state index in [1.165, 1.54) is 0 Å². The predicted octanol–water partition coefficient (Wildman–Crippen LogP) is 2.40. The van der Waals surface area contributed by atoms with Crippen molar-refractivity contribution in [3.63, 3.8) is 0 Å². The Hall–Kier alpha value is -3.35. The fraction of sp³-hybridized carbons (Fsp3) is 0.118. The number of esters is 1. The fourth-order valence-corrected chi connectivity index (χ4v) is 1.98. The maximum Gasteiger partial charge on any atom is 0.343 e. The van der Waals surface area contributed by atoms with Crippen LogP contribution in [-0.2, 0) is 4.79 Å². The van der Waals surface area contributed by atoms with Gasteiger partial charge >= 0.3 is 11.9 Å². The largest absolute Gasteiger partial charge is 0.481 e. The van der Waals surface area contributed by atoms with Gasteiger partial charge in [0.25, 0.3) is 0 Å². The fourth-order valence-electron chi connectivity index (χ4n) is 1.98. The number of anilines is 1. The minimum absolute atomic E-state index is 0.194. The maximum atomic E-state index is 12.1. The average Bonchev–Trinajstić information content (AvgIpc) is 2.55. The van der Waals surface area contributed by atoms with Crippen LogP contribution in [0.5, 0.6) is 5.75 Å². The van der Waals surface area contributed by atoms with Crippen molar-refractivity contribution in [1.82, 2.24) is 0 Å². The number of carboxylic acid groups (broad SMARTS) is 1. The molecule has 0 aliphatic rings. The van der Waals surface area contributed by atoms with Crippen LogP contribution in [0.1, 0.15) is 28.8 Å². The van der Waals surface area contributed by atoms with E-state index in [9.17, 15) is 9.59 Å². The summed E-state index contributed by atoms with van der Waals surface area (Å²) in [7, 11) is 0. The van der Waals surface area contributed by atoms with Gasteiger partial charge in [0.15, 0.2) is 5.96 Å². The van der Waals surface area contributed by atoms with Gasteiger partial charge in [0, 0.05) is 5.69 Å². The van der Waals surface area contributed by atoms with Crippen molar-refractivity contribution in [2.24, 2.45) is 5.73 Å². The lowest BCUT2D eigenvalue weighted by atomic mass is 10.0. The zero-order valence-electron chi connectivity index (χ0n) is 12.9. The molecule has 0 aliphatic heterocycles. The van der Waals surface area contributed by atoms with Crippen LogP contribution in [0.4, 0.5) is 5.69 Å². The van der Waals surface area contributed by atoms with Gasteiger partial charge in [0.1, 0.15) is 5.75 Å². The van der Waals surface area contributed by atoms with Crippen molar-refractivity contribution >= 4 is 23.6 Å². The number of ether oxygens (including phenoxy) is 1. The molecule has 0 saturated carbocycles. The van der Waals surface area contributed by atoms with Crippen LogP contribution < -0.4 is 15.8 Å². The van der Waals surface area contributed by atoms with E-state index in [1.807, 2.05) is 0 Å². The molecule has 2 aromatic rings. The number of guanidine groups is 1. The Balaban J connectivity index is 2.04. The predicted molar refractivity (Wildman–Crippen MR) is 89.4 cm³/mol. The van der Waals surface area contributed by atoms with Gasteiger partial charge in [0.2, 0.25) is 0 Å². The normalized spacial score (nSPS) is 11.4. The molecule has 7 heteroatoms. The lowest BCUT2D eigenvalue weighted by Crippen LogP contribution is -2.20. The zero-order chi connectivity index (χ0) is 17.7. The van der Waals surface area contributed by atoms with E-state index in [0.29, 0.717) is 22.6 Å². The Labute approximate surface area is 138 Å². The number of benzene rings is 2. The van der Waals surface area contributed by atoms with Crippen LogP contribution in [-0.4, -0.2) is 23.0 Å². The van der Waals surface area contributed by atoms with Crippen molar-refractivity contribution < 1.29 is 19.4 Å². The Morgan fingerprint density at radius 3 is 2.21 bits per heavy atom. The van der Waals surface area contributed by atoms with Crippen LogP contribution in [0.15, 0.2) is 48.5 Å². The number of nitrogens with two attached hydrogens (primary N) is 1. The SMILES string of the molecule is C[C@H](C(=O)O)c1ccc(OC(=O)c2ccc(NC(=N)N)cc2)cc1. The summed E-state index contributed by atoms with van der Waals surface area (Å²) in [5, 5.41) is 18.7. The van der Waals surface area contributed by atoms with Crippen molar-refractivity contribution in [2.75, 3.05) is 5.32 Å². The third kappa shape index (κ3) is 4.33. The molecule has 1 atom stereocenters. The van der Waals surface area contributed by atoms with E-state index < -0.39 is 17.9 Å². The summed E-state index contributed by atoms with van der Waals surface area (Å²) in [5.41, 5.74) is 6.78. The van der Waals surface area contributed by atoms with E-state index in [2.05, 4.69) is 5.32 Å². The number of hydrogen-bond donors (Lipinski definition) is 4. The minimum atomic E-state index is -0.918. The first-order valence-electron chi connectivity index (χ1n) is 7.13. The van der Waals surface area contributed by atoms with Gasteiger partial charge in [-0.05, 0) is 48.9 Å². The van der Waals surface area contributed by atoms with Crippen molar-refractivity contribution in [2.45, 2.75) is 12.8 Å². The van der Waals surface area contributed by atoms with E-state index in [4.69, 9.17) is 21.0 Å². The van der Waals surface area contributed by atoms with Gasteiger partial charge in [-0.15, -0.1) is 0 Å². The summed E-state index contributed by atoms with van der Waals surface area (Å²) in [6, 6.07) is 12.6. The van der Waals surface area contributed by atoms with E-state index in [-0.39, 0.29) is 5.96 Å². The van der Waals surface area contributed by atoms with Crippen LogP contribution >= 0.6 is 0 Å². The highest BCUT2D eigenvalue weighted by molar-refractivity contribution is 5.93. The van der Waals surface area contributed by atoms with E-state index >= 15 is 0 Å². The first-order valence-corrected chi connectivity index (χ1v) is 7.13. The van der Waals surface area contributed by atoms with E-state index in [1.54, 1.807) is 55.5 Å². The van der Waals surface area contributed by atoms with Gasteiger partial charge in [-0.3, -0.25) is 10.2 Å². The lowest BCUT2D eigenvalue weighted by molar-refractivity contribution is -0.138. The van der Waals surface area contributed by atoms with Gasteiger partial charge in [-0.1, -0.05) is 12.1 Å². The molecule has 2 rings (SSSR count). The van der Waals surface area contributed by atoms with Gasteiger partial charge < -0.3 is 20.9 Å². The molecule has 0 bridgehead atoms. The number of carbonyl (C=O) groups excluding carboxylic acids is 1. The molecular weight excluding hydrogens is 310 g/mol. The third-order valence-electron chi connectivity index (χ3n) is 3.36. The number of carboxylic acids is 1. The van der Waals surface area contributed by atoms with E-state index in [0.717, 1.165) is 0 Å². The Morgan fingerprint density at radius 1 is 1.12 bits per heavy atom. The lowest BCUT2D eigenvalue weighted by Gasteiger charge is -2.09. The highest BCUT2D eigenvalue weighted by Crippen LogP contribution is 2.20. The second-order valence-corrected chi connectivity index (χ2v) is 5.13. The minimum Gasteiger partial charge on any atom is -0.481 e. The molecule has 7 nitrogen and oxygen atoms in total. The Kier molecular flexibility index (Phi) is 5.16. The summed E-state index contributed by atoms with van der Waals surface area (Å²) in [5.74, 6) is -1.95. The van der Waals surface area contributed by atoms with Crippen LogP contribution in [0.2, 0.25) is 0 Å². The third-order valence-corrected chi connectivity index (χ3v) is 3.36. The molecule has 0 spiro atoms. The Morgan fingerprint density at radius 2 is 1.71 bits per heavy atom. The smallest absolute Gasteiger partial charge is 0.343 e.